The van der Waals surface area contributed by atoms with Crippen LogP contribution in [0.2, 0.25) is 0 Å². The van der Waals surface area contributed by atoms with Gasteiger partial charge in [0, 0.05) is 32.8 Å². The minimum atomic E-state index is -0.164. The fraction of sp³-hybridized carbons (Fsp3) is 0.625. The molecule has 2 atom stereocenters. The van der Waals surface area contributed by atoms with E-state index in [1.807, 2.05) is 13.0 Å². The molecule has 1 aliphatic rings. The molecular weight excluding hydrogens is 255 g/mol. The molecule has 0 spiro atoms. The summed E-state index contributed by atoms with van der Waals surface area (Å²) in [5, 5.41) is 9.52. The molecule has 0 aromatic heterocycles. The zero-order chi connectivity index (χ0) is 14.7. The molecule has 1 aromatic carbocycles. The minimum absolute atomic E-state index is 0.164. The van der Waals surface area contributed by atoms with Crippen LogP contribution in [-0.4, -0.2) is 55.2 Å². The standard InChI is InChI=1S/C16H25FN2O/c1-12-4-13(6-16(17)5-12)7-19-9-14(8-18(2)3)15(10-19)11-20/h4-6,14-15,20H,7-11H2,1-3H3/t14-,15-/m1/s1. The molecule has 3 nitrogen and oxygen atoms in total. The summed E-state index contributed by atoms with van der Waals surface area (Å²) in [5.74, 6) is 0.652. The van der Waals surface area contributed by atoms with Gasteiger partial charge >= 0.3 is 0 Å². The van der Waals surface area contributed by atoms with Gasteiger partial charge < -0.3 is 10.0 Å². The molecule has 0 radical (unpaired) electrons. The fourth-order valence-electron chi connectivity index (χ4n) is 3.21. The van der Waals surface area contributed by atoms with E-state index in [-0.39, 0.29) is 12.4 Å². The molecule has 0 amide bonds. The van der Waals surface area contributed by atoms with E-state index in [0.29, 0.717) is 11.8 Å². The Bertz CT molecular complexity index is 430. The van der Waals surface area contributed by atoms with Crippen molar-refractivity contribution in [3.05, 3.63) is 35.1 Å². The number of rotatable bonds is 5. The van der Waals surface area contributed by atoms with Gasteiger partial charge in [-0.1, -0.05) is 6.07 Å². The second kappa shape index (κ2) is 6.66. The number of aliphatic hydroxyl groups excluding tert-OH is 1. The van der Waals surface area contributed by atoms with Crippen LogP contribution in [0.3, 0.4) is 0 Å². The maximum absolute atomic E-state index is 13.4. The molecule has 1 heterocycles. The summed E-state index contributed by atoms with van der Waals surface area (Å²) in [4.78, 5) is 4.49. The molecular formula is C16H25FN2O. The Morgan fingerprint density at radius 3 is 2.55 bits per heavy atom. The molecule has 4 heteroatoms. The second-order valence-electron chi connectivity index (χ2n) is 6.30. The van der Waals surface area contributed by atoms with Crippen molar-refractivity contribution in [1.29, 1.82) is 0 Å². The number of aryl methyl sites for hydroxylation is 1. The van der Waals surface area contributed by atoms with Crippen molar-refractivity contribution in [2.45, 2.75) is 13.5 Å². The number of aliphatic hydroxyl groups is 1. The van der Waals surface area contributed by atoms with E-state index in [1.54, 1.807) is 12.1 Å². The predicted molar refractivity (Wildman–Crippen MR) is 79.0 cm³/mol. The zero-order valence-corrected chi connectivity index (χ0v) is 12.6. The van der Waals surface area contributed by atoms with Crippen LogP contribution < -0.4 is 0 Å². The predicted octanol–water partition coefficient (Wildman–Crippen LogP) is 1.74. The summed E-state index contributed by atoms with van der Waals surface area (Å²) in [5.41, 5.74) is 1.98. The van der Waals surface area contributed by atoms with Gasteiger partial charge in [0.2, 0.25) is 0 Å². The number of nitrogens with zero attached hydrogens (tertiary/aromatic N) is 2. The van der Waals surface area contributed by atoms with Gasteiger partial charge in [-0.25, -0.2) is 4.39 Å². The first-order chi connectivity index (χ1) is 9.47. The molecule has 0 unspecified atom stereocenters. The first-order valence-corrected chi connectivity index (χ1v) is 7.22. The maximum atomic E-state index is 13.4. The Morgan fingerprint density at radius 1 is 1.25 bits per heavy atom. The quantitative estimate of drug-likeness (QED) is 0.890. The first kappa shape index (κ1) is 15.4. The van der Waals surface area contributed by atoms with Crippen molar-refractivity contribution in [3.63, 3.8) is 0 Å². The van der Waals surface area contributed by atoms with E-state index >= 15 is 0 Å². The van der Waals surface area contributed by atoms with Crippen LogP contribution in [0.4, 0.5) is 4.39 Å². The van der Waals surface area contributed by atoms with Gasteiger partial charge in [0.05, 0.1) is 0 Å². The molecule has 0 saturated carbocycles. The molecule has 2 rings (SSSR count). The minimum Gasteiger partial charge on any atom is -0.396 e. The largest absolute Gasteiger partial charge is 0.396 e. The SMILES string of the molecule is Cc1cc(F)cc(CN2C[C@@H](CN(C)C)[C@@H](CO)C2)c1. The van der Waals surface area contributed by atoms with E-state index in [2.05, 4.69) is 23.9 Å². The third kappa shape index (κ3) is 4.01. The van der Waals surface area contributed by atoms with Gasteiger partial charge in [0.25, 0.3) is 0 Å². The summed E-state index contributed by atoms with van der Waals surface area (Å²) in [6, 6.07) is 5.20. The molecule has 1 N–H and O–H groups in total. The van der Waals surface area contributed by atoms with Crippen LogP contribution >= 0.6 is 0 Å². The number of halogens is 1. The smallest absolute Gasteiger partial charge is 0.123 e. The monoisotopic (exact) mass is 280 g/mol. The second-order valence-corrected chi connectivity index (χ2v) is 6.30. The maximum Gasteiger partial charge on any atom is 0.123 e. The van der Waals surface area contributed by atoms with Crippen molar-refractivity contribution in [2.75, 3.05) is 40.3 Å². The summed E-state index contributed by atoms with van der Waals surface area (Å²) in [6.07, 6.45) is 0. The zero-order valence-electron chi connectivity index (χ0n) is 12.6. The molecule has 1 fully saturated rings. The molecule has 112 valence electrons. The van der Waals surface area contributed by atoms with E-state index in [4.69, 9.17) is 0 Å². The molecule has 0 bridgehead atoms. The summed E-state index contributed by atoms with van der Waals surface area (Å²) in [7, 11) is 4.13. The van der Waals surface area contributed by atoms with Crippen molar-refractivity contribution >= 4 is 0 Å². The van der Waals surface area contributed by atoms with Crippen LogP contribution in [-0.2, 0) is 6.54 Å². The Kier molecular flexibility index (Phi) is 5.13. The lowest BCUT2D eigenvalue weighted by Gasteiger charge is -2.20. The van der Waals surface area contributed by atoms with Crippen LogP contribution in [0.5, 0.6) is 0 Å². The summed E-state index contributed by atoms with van der Waals surface area (Å²) >= 11 is 0. The fourth-order valence-corrected chi connectivity index (χ4v) is 3.21. The van der Waals surface area contributed by atoms with Crippen molar-refractivity contribution in [2.24, 2.45) is 11.8 Å². The van der Waals surface area contributed by atoms with Crippen LogP contribution in [0.15, 0.2) is 18.2 Å². The van der Waals surface area contributed by atoms with Crippen molar-refractivity contribution in [3.8, 4) is 0 Å². The molecule has 1 saturated heterocycles. The van der Waals surface area contributed by atoms with Crippen molar-refractivity contribution < 1.29 is 9.50 Å². The number of hydrogen-bond donors (Lipinski definition) is 1. The van der Waals surface area contributed by atoms with Crippen molar-refractivity contribution in [1.82, 2.24) is 9.80 Å². The number of likely N-dealkylation sites (tertiary alicyclic amines) is 1. The van der Waals surface area contributed by atoms with E-state index in [9.17, 15) is 9.50 Å². The highest BCUT2D eigenvalue weighted by molar-refractivity contribution is 5.23. The van der Waals surface area contributed by atoms with Crippen LogP contribution in [0.1, 0.15) is 11.1 Å². The van der Waals surface area contributed by atoms with E-state index in [1.165, 1.54) is 0 Å². The number of hydrogen-bond acceptors (Lipinski definition) is 3. The highest BCUT2D eigenvalue weighted by Crippen LogP contribution is 2.25. The Balaban J connectivity index is 2.00. The lowest BCUT2D eigenvalue weighted by atomic mass is 9.97. The van der Waals surface area contributed by atoms with Gasteiger partial charge in [-0.3, -0.25) is 4.90 Å². The normalized spacial score (nSPS) is 23.7. The van der Waals surface area contributed by atoms with Crippen LogP contribution in [0.25, 0.3) is 0 Å². The number of benzene rings is 1. The molecule has 20 heavy (non-hydrogen) atoms. The first-order valence-electron chi connectivity index (χ1n) is 7.22. The van der Waals surface area contributed by atoms with Gasteiger partial charge in [-0.05, 0) is 56.1 Å². The van der Waals surface area contributed by atoms with Gasteiger partial charge in [0.15, 0.2) is 0 Å². The van der Waals surface area contributed by atoms with Gasteiger partial charge in [-0.15, -0.1) is 0 Å². The highest BCUT2D eigenvalue weighted by atomic mass is 19.1. The Morgan fingerprint density at radius 2 is 1.95 bits per heavy atom. The molecule has 1 aromatic rings. The lowest BCUT2D eigenvalue weighted by molar-refractivity contribution is 0.183. The molecule has 0 aliphatic carbocycles. The van der Waals surface area contributed by atoms with Crippen LogP contribution in [0, 0.1) is 24.6 Å². The summed E-state index contributed by atoms with van der Waals surface area (Å²) in [6.45, 7) is 5.77. The topological polar surface area (TPSA) is 26.7 Å². The lowest BCUT2D eigenvalue weighted by Crippen LogP contribution is -2.28. The highest BCUT2D eigenvalue weighted by Gasteiger charge is 2.32. The third-order valence-corrected chi connectivity index (χ3v) is 3.99. The third-order valence-electron chi connectivity index (χ3n) is 3.99. The van der Waals surface area contributed by atoms with Gasteiger partial charge in [-0.2, -0.15) is 0 Å². The average molecular weight is 280 g/mol. The summed E-state index contributed by atoms with van der Waals surface area (Å²) < 4.78 is 13.4. The Labute approximate surface area is 121 Å². The average Bonchev–Trinajstić information content (AvgIpc) is 2.68. The van der Waals surface area contributed by atoms with E-state index in [0.717, 1.165) is 37.3 Å². The molecule has 1 aliphatic heterocycles. The van der Waals surface area contributed by atoms with E-state index < -0.39 is 0 Å². The van der Waals surface area contributed by atoms with Gasteiger partial charge in [0.1, 0.15) is 5.82 Å². The Hall–Kier alpha value is -0.970.